The van der Waals surface area contributed by atoms with Crippen molar-refractivity contribution in [1.82, 2.24) is 4.90 Å². The molecule has 6 nitrogen and oxygen atoms in total. The number of hydrogen-bond donors (Lipinski definition) is 1. The molecule has 4 atom stereocenters. The van der Waals surface area contributed by atoms with Gasteiger partial charge in [-0.2, -0.15) is 5.26 Å². The van der Waals surface area contributed by atoms with E-state index < -0.39 is 37.2 Å². The van der Waals surface area contributed by atoms with E-state index >= 15 is 0 Å². The third-order valence-electron chi connectivity index (χ3n) is 6.23. The number of nitriles is 1. The summed E-state index contributed by atoms with van der Waals surface area (Å²) in [6, 6.07) is 14.4. The van der Waals surface area contributed by atoms with Crippen molar-refractivity contribution in [2.75, 3.05) is 13.1 Å². The Balaban J connectivity index is 1.58. The van der Waals surface area contributed by atoms with Crippen LogP contribution in [0.3, 0.4) is 0 Å². The highest BCUT2D eigenvalue weighted by Gasteiger charge is 2.48. The molecule has 1 heterocycles. The van der Waals surface area contributed by atoms with E-state index in [1.165, 1.54) is 12.1 Å². The standard InChI is InChI=1S/C24H24F3N3O3/c25-18-5-3-16(4-6-18)17-9-21(22(10-17)32-19-7-1-15(12-28)2-8-19)30-13-20(33-23(29)31)11-24(26,27)14-30/h1-8,17,20-22H,9-11,13-14H2,(H2,29,31)/t17?,20-,21?,22?/m1/s1. The van der Waals surface area contributed by atoms with Crippen LogP contribution in [0.25, 0.3) is 0 Å². The Morgan fingerprint density at radius 2 is 1.82 bits per heavy atom. The van der Waals surface area contributed by atoms with Crippen LogP contribution < -0.4 is 10.5 Å². The van der Waals surface area contributed by atoms with Gasteiger partial charge in [0.2, 0.25) is 0 Å². The van der Waals surface area contributed by atoms with Crippen molar-refractivity contribution in [3.63, 3.8) is 0 Å². The van der Waals surface area contributed by atoms with Crippen LogP contribution in [-0.2, 0) is 4.74 Å². The van der Waals surface area contributed by atoms with Crippen molar-refractivity contribution in [1.29, 1.82) is 5.26 Å². The second-order valence-electron chi connectivity index (χ2n) is 8.63. The van der Waals surface area contributed by atoms with Gasteiger partial charge in [0.05, 0.1) is 24.6 Å². The fraction of sp³-hybridized carbons (Fsp3) is 0.417. The van der Waals surface area contributed by atoms with Crippen LogP contribution in [0.4, 0.5) is 18.0 Å². The van der Waals surface area contributed by atoms with Gasteiger partial charge >= 0.3 is 6.09 Å². The minimum absolute atomic E-state index is 0.0231. The number of carbonyl (C=O) groups is 1. The molecule has 2 aromatic carbocycles. The van der Waals surface area contributed by atoms with Gasteiger partial charge in [0.25, 0.3) is 5.92 Å². The molecule has 33 heavy (non-hydrogen) atoms. The normalized spacial score (nSPS) is 27.0. The monoisotopic (exact) mass is 459 g/mol. The summed E-state index contributed by atoms with van der Waals surface area (Å²) in [4.78, 5) is 12.8. The molecule has 9 heteroatoms. The minimum atomic E-state index is -3.05. The number of likely N-dealkylation sites (tertiary alicyclic amines) is 1. The number of ether oxygens (including phenoxy) is 2. The van der Waals surface area contributed by atoms with E-state index in [2.05, 4.69) is 0 Å². The van der Waals surface area contributed by atoms with Crippen molar-refractivity contribution in [3.05, 3.63) is 65.5 Å². The zero-order chi connectivity index (χ0) is 23.6. The molecule has 1 saturated carbocycles. The molecule has 1 amide bonds. The average Bonchev–Trinajstić information content (AvgIpc) is 3.17. The summed E-state index contributed by atoms with van der Waals surface area (Å²) >= 11 is 0. The number of nitrogens with two attached hydrogens (primary N) is 1. The summed E-state index contributed by atoms with van der Waals surface area (Å²) in [5.41, 5.74) is 6.46. The van der Waals surface area contributed by atoms with Crippen LogP contribution in [0.5, 0.6) is 5.75 Å². The predicted molar refractivity (Wildman–Crippen MR) is 113 cm³/mol. The first-order valence-corrected chi connectivity index (χ1v) is 10.7. The Morgan fingerprint density at radius 3 is 2.45 bits per heavy atom. The lowest BCUT2D eigenvalue weighted by Gasteiger charge is -2.41. The highest BCUT2D eigenvalue weighted by molar-refractivity contribution is 5.64. The van der Waals surface area contributed by atoms with Crippen LogP contribution >= 0.6 is 0 Å². The first kappa shape index (κ1) is 22.9. The largest absolute Gasteiger partial charge is 0.489 e. The summed E-state index contributed by atoms with van der Waals surface area (Å²) in [5, 5.41) is 9.00. The van der Waals surface area contributed by atoms with Crippen molar-refractivity contribution >= 4 is 6.09 Å². The van der Waals surface area contributed by atoms with Gasteiger partial charge < -0.3 is 15.2 Å². The first-order valence-electron chi connectivity index (χ1n) is 10.7. The third kappa shape index (κ3) is 5.57. The zero-order valence-corrected chi connectivity index (χ0v) is 17.8. The number of carbonyl (C=O) groups excluding carboxylic acids is 1. The molecule has 174 valence electrons. The van der Waals surface area contributed by atoms with E-state index in [1.54, 1.807) is 41.3 Å². The van der Waals surface area contributed by atoms with E-state index in [0.29, 0.717) is 24.2 Å². The maximum atomic E-state index is 14.5. The number of alkyl halides is 2. The SMILES string of the molecule is N#Cc1ccc(OC2CC(c3ccc(F)cc3)CC2N2C[C@H](OC(N)=O)CC(F)(F)C2)cc1. The quantitative estimate of drug-likeness (QED) is 0.724. The van der Waals surface area contributed by atoms with Crippen molar-refractivity contribution in [2.45, 2.75) is 49.4 Å². The number of amides is 1. The maximum absolute atomic E-state index is 14.5. The fourth-order valence-electron chi connectivity index (χ4n) is 4.86. The Labute approximate surface area is 189 Å². The third-order valence-corrected chi connectivity index (χ3v) is 6.23. The average molecular weight is 459 g/mol. The predicted octanol–water partition coefficient (Wildman–Crippen LogP) is 4.20. The Kier molecular flexibility index (Phi) is 6.47. The van der Waals surface area contributed by atoms with Gasteiger partial charge in [-0.3, -0.25) is 4.90 Å². The van der Waals surface area contributed by atoms with Crippen LogP contribution in [-0.4, -0.2) is 48.3 Å². The maximum Gasteiger partial charge on any atom is 0.404 e. The van der Waals surface area contributed by atoms with Gasteiger partial charge in [-0.05, 0) is 60.7 Å². The molecular weight excluding hydrogens is 435 g/mol. The van der Waals surface area contributed by atoms with E-state index in [0.717, 1.165) is 5.56 Å². The minimum Gasteiger partial charge on any atom is -0.489 e. The molecule has 2 fully saturated rings. The van der Waals surface area contributed by atoms with E-state index in [4.69, 9.17) is 20.5 Å². The van der Waals surface area contributed by atoms with Gasteiger partial charge in [-0.15, -0.1) is 0 Å². The Morgan fingerprint density at radius 1 is 1.12 bits per heavy atom. The number of benzene rings is 2. The highest BCUT2D eigenvalue weighted by atomic mass is 19.3. The molecule has 3 unspecified atom stereocenters. The molecule has 2 aromatic rings. The Hall–Kier alpha value is -3.25. The zero-order valence-electron chi connectivity index (χ0n) is 17.8. The Bertz CT molecular complexity index is 1020. The fourth-order valence-corrected chi connectivity index (χ4v) is 4.86. The van der Waals surface area contributed by atoms with Crippen LogP contribution in [0.1, 0.15) is 36.3 Å². The number of rotatable bonds is 5. The number of primary amides is 1. The molecule has 2 N–H and O–H groups in total. The number of hydrogen-bond acceptors (Lipinski definition) is 5. The van der Waals surface area contributed by atoms with Crippen molar-refractivity contribution < 1.29 is 27.4 Å². The van der Waals surface area contributed by atoms with E-state index in [-0.39, 0.29) is 24.3 Å². The van der Waals surface area contributed by atoms with Gasteiger partial charge in [-0.1, -0.05) is 12.1 Å². The molecule has 0 aromatic heterocycles. The first-order chi connectivity index (χ1) is 15.7. The molecule has 1 aliphatic carbocycles. The molecular formula is C24H24F3N3O3. The van der Waals surface area contributed by atoms with Gasteiger partial charge in [0, 0.05) is 12.6 Å². The molecule has 4 rings (SSSR count). The molecule has 2 aliphatic rings. The van der Waals surface area contributed by atoms with Crippen molar-refractivity contribution in [2.24, 2.45) is 5.73 Å². The topological polar surface area (TPSA) is 88.6 Å². The van der Waals surface area contributed by atoms with Gasteiger partial charge in [0.15, 0.2) is 0 Å². The smallest absolute Gasteiger partial charge is 0.404 e. The lowest BCUT2D eigenvalue weighted by Crippen LogP contribution is -2.56. The number of halogens is 3. The summed E-state index contributed by atoms with van der Waals surface area (Å²) in [7, 11) is 0. The number of piperidine rings is 1. The summed E-state index contributed by atoms with van der Waals surface area (Å²) < 4.78 is 53.6. The van der Waals surface area contributed by atoms with Gasteiger partial charge in [0.1, 0.15) is 23.8 Å². The van der Waals surface area contributed by atoms with Crippen LogP contribution in [0.2, 0.25) is 0 Å². The lowest BCUT2D eigenvalue weighted by molar-refractivity contribution is -0.123. The second-order valence-corrected chi connectivity index (χ2v) is 8.63. The highest BCUT2D eigenvalue weighted by Crippen LogP contribution is 2.41. The molecule has 1 saturated heterocycles. The second kappa shape index (κ2) is 9.32. The number of nitrogens with zero attached hydrogens (tertiary/aromatic N) is 2. The van der Waals surface area contributed by atoms with E-state index in [1.807, 2.05) is 6.07 Å². The van der Waals surface area contributed by atoms with Gasteiger partial charge in [-0.25, -0.2) is 18.0 Å². The van der Waals surface area contributed by atoms with Crippen LogP contribution in [0.15, 0.2) is 48.5 Å². The molecule has 0 radical (unpaired) electrons. The van der Waals surface area contributed by atoms with E-state index in [9.17, 15) is 18.0 Å². The summed E-state index contributed by atoms with van der Waals surface area (Å²) in [5.74, 6) is -2.89. The summed E-state index contributed by atoms with van der Waals surface area (Å²) in [6.45, 7) is -0.369. The molecule has 0 bridgehead atoms. The van der Waals surface area contributed by atoms with Crippen molar-refractivity contribution in [3.8, 4) is 11.8 Å². The molecule has 1 aliphatic heterocycles. The lowest BCUT2D eigenvalue weighted by atomic mass is 9.96. The molecule has 0 spiro atoms. The summed E-state index contributed by atoms with van der Waals surface area (Å²) in [6.07, 6.45) is -2.06. The van der Waals surface area contributed by atoms with Crippen LogP contribution in [0, 0.1) is 17.1 Å².